The Hall–Kier alpha value is -0.793. The second kappa shape index (κ2) is 5.94. The lowest BCUT2D eigenvalue weighted by molar-refractivity contribution is -0.133. The number of rotatable bonds is 2. The summed E-state index contributed by atoms with van der Waals surface area (Å²) in [5, 5.41) is 0. The minimum atomic E-state index is -0.514. The predicted molar refractivity (Wildman–Crippen MR) is 63.2 cm³/mol. The molecule has 0 aromatic rings. The summed E-state index contributed by atoms with van der Waals surface area (Å²) in [6.07, 6.45) is -0.184. The average Bonchev–Trinajstić information content (AvgIpc) is 2.16. The SMILES string of the molecule is COC(=O)C#CC(O[SiH3])C(C)C(C)(C)C. The van der Waals surface area contributed by atoms with Crippen molar-refractivity contribution in [2.24, 2.45) is 11.3 Å². The molecule has 0 aromatic carbocycles. The molecule has 0 saturated carbocycles. The van der Waals surface area contributed by atoms with Crippen LogP contribution in [-0.2, 0) is 14.0 Å². The average molecular weight is 228 g/mol. The van der Waals surface area contributed by atoms with Crippen LogP contribution >= 0.6 is 0 Å². The predicted octanol–water partition coefficient (Wildman–Crippen LogP) is 0.511. The summed E-state index contributed by atoms with van der Waals surface area (Å²) in [4.78, 5) is 10.9. The number of methoxy groups -OCH3 is 1. The lowest BCUT2D eigenvalue weighted by Gasteiger charge is -2.31. The zero-order chi connectivity index (χ0) is 12.1. The van der Waals surface area contributed by atoms with Gasteiger partial charge in [0.2, 0.25) is 0 Å². The quantitative estimate of drug-likeness (QED) is 0.299. The fourth-order valence-corrected chi connectivity index (χ4v) is 1.55. The third-order valence-electron chi connectivity index (χ3n) is 2.58. The van der Waals surface area contributed by atoms with Crippen LogP contribution in [-0.4, -0.2) is 29.7 Å². The van der Waals surface area contributed by atoms with Crippen molar-refractivity contribution in [1.82, 2.24) is 0 Å². The summed E-state index contributed by atoms with van der Waals surface area (Å²) < 4.78 is 9.84. The van der Waals surface area contributed by atoms with Crippen molar-refractivity contribution in [2.45, 2.75) is 33.8 Å². The standard InChI is InChI=1S/C11H20O3Si/c1-8(11(2,3)4)9(14-15)6-7-10(12)13-5/h8-9H,1-5,15H3. The fourth-order valence-electron chi connectivity index (χ4n) is 1.02. The van der Waals surface area contributed by atoms with Crippen LogP contribution in [0.1, 0.15) is 27.7 Å². The number of ether oxygens (including phenoxy) is 1. The number of hydrogen-bond donors (Lipinski definition) is 0. The lowest BCUT2D eigenvalue weighted by atomic mass is 9.79. The van der Waals surface area contributed by atoms with Gasteiger partial charge in [0.25, 0.3) is 0 Å². The first-order valence-electron chi connectivity index (χ1n) is 4.95. The van der Waals surface area contributed by atoms with Crippen molar-refractivity contribution < 1.29 is 14.0 Å². The summed E-state index contributed by atoms with van der Waals surface area (Å²) in [5.74, 6) is 4.99. The molecule has 4 heteroatoms. The Morgan fingerprint density at radius 2 is 1.93 bits per heavy atom. The number of carbonyl (C=O) groups excluding carboxylic acids is 1. The summed E-state index contributed by atoms with van der Waals surface area (Å²) >= 11 is 0. The van der Waals surface area contributed by atoms with Crippen LogP contribution in [0.2, 0.25) is 0 Å². The minimum absolute atomic E-state index is 0.111. The van der Waals surface area contributed by atoms with E-state index in [2.05, 4.69) is 44.3 Å². The Morgan fingerprint density at radius 3 is 2.27 bits per heavy atom. The summed E-state index contributed by atoms with van der Waals surface area (Å²) in [7, 11) is 1.93. The molecule has 3 nitrogen and oxygen atoms in total. The van der Waals surface area contributed by atoms with E-state index in [0.717, 1.165) is 0 Å². The highest BCUT2D eigenvalue weighted by molar-refractivity contribution is 5.98. The van der Waals surface area contributed by atoms with E-state index in [4.69, 9.17) is 4.43 Å². The van der Waals surface area contributed by atoms with Crippen LogP contribution in [0.25, 0.3) is 0 Å². The molecule has 0 saturated heterocycles. The molecule has 0 spiro atoms. The minimum Gasteiger partial charge on any atom is -0.459 e. The van der Waals surface area contributed by atoms with Gasteiger partial charge in [0.1, 0.15) is 16.6 Å². The molecule has 2 atom stereocenters. The molecule has 0 rings (SSSR count). The van der Waals surface area contributed by atoms with E-state index in [1.807, 2.05) is 0 Å². The third kappa shape index (κ3) is 5.00. The van der Waals surface area contributed by atoms with Crippen LogP contribution in [0, 0.1) is 23.2 Å². The van der Waals surface area contributed by atoms with Gasteiger partial charge in [0, 0.05) is 5.92 Å². The van der Waals surface area contributed by atoms with E-state index in [1.165, 1.54) is 7.11 Å². The van der Waals surface area contributed by atoms with Crippen molar-refractivity contribution in [1.29, 1.82) is 0 Å². The van der Waals surface area contributed by atoms with E-state index in [0.29, 0.717) is 10.5 Å². The molecule has 86 valence electrons. The third-order valence-corrected chi connectivity index (χ3v) is 3.08. The molecule has 0 aliphatic rings. The van der Waals surface area contributed by atoms with Crippen LogP contribution in [0.3, 0.4) is 0 Å². The van der Waals surface area contributed by atoms with Crippen molar-refractivity contribution in [3.63, 3.8) is 0 Å². The smallest absolute Gasteiger partial charge is 0.384 e. The summed E-state index contributed by atoms with van der Waals surface area (Å²) in [6, 6.07) is 0. The van der Waals surface area contributed by atoms with Gasteiger partial charge >= 0.3 is 5.97 Å². The van der Waals surface area contributed by atoms with E-state index in [9.17, 15) is 4.79 Å². The zero-order valence-corrected chi connectivity index (χ0v) is 12.4. The van der Waals surface area contributed by atoms with E-state index >= 15 is 0 Å². The lowest BCUT2D eigenvalue weighted by Crippen LogP contribution is -2.30. The Bertz CT molecular complexity index is 270. The van der Waals surface area contributed by atoms with Crippen LogP contribution in [0.5, 0.6) is 0 Å². The fraction of sp³-hybridized carbons (Fsp3) is 0.727. The molecule has 0 N–H and O–H groups in total. The topological polar surface area (TPSA) is 35.5 Å². The van der Waals surface area contributed by atoms with Crippen molar-refractivity contribution in [3.8, 4) is 11.8 Å². The van der Waals surface area contributed by atoms with Crippen molar-refractivity contribution >= 4 is 16.5 Å². The Labute approximate surface area is 95.1 Å². The molecular formula is C11H20O3Si. The van der Waals surface area contributed by atoms with Gasteiger partial charge in [-0.1, -0.05) is 33.6 Å². The maximum absolute atomic E-state index is 10.9. The van der Waals surface area contributed by atoms with Crippen LogP contribution in [0.4, 0.5) is 0 Å². The van der Waals surface area contributed by atoms with Gasteiger partial charge in [-0.3, -0.25) is 0 Å². The number of hydrogen-bond acceptors (Lipinski definition) is 3. The van der Waals surface area contributed by atoms with Gasteiger partial charge in [-0.05, 0) is 11.3 Å². The van der Waals surface area contributed by atoms with E-state index < -0.39 is 5.97 Å². The maximum atomic E-state index is 10.9. The second-order valence-corrected chi connectivity index (χ2v) is 5.04. The normalized spacial score (nSPS) is 15.0. The van der Waals surface area contributed by atoms with Gasteiger partial charge < -0.3 is 9.16 Å². The first-order valence-corrected chi connectivity index (χ1v) is 5.76. The van der Waals surface area contributed by atoms with Gasteiger partial charge in [-0.25, -0.2) is 4.79 Å². The number of esters is 1. The highest BCUT2D eigenvalue weighted by atomic mass is 28.2. The molecule has 0 heterocycles. The molecular weight excluding hydrogens is 208 g/mol. The Kier molecular flexibility index (Phi) is 5.62. The molecule has 0 radical (unpaired) electrons. The molecule has 0 fully saturated rings. The van der Waals surface area contributed by atoms with Crippen molar-refractivity contribution in [3.05, 3.63) is 0 Å². The second-order valence-electron chi connectivity index (χ2n) is 4.57. The molecule has 0 amide bonds. The molecule has 15 heavy (non-hydrogen) atoms. The Balaban J connectivity index is 4.62. The summed E-state index contributed by atoms with van der Waals surface area (Å²) in [5.41, 5.74) is 0.111. The van der Waals surface area contributed by atoms with Gasteiger partial charge in [-0.2, -0.15) is 0 Å². The molecule has 2 unspecified atom stereocenters. The summed E-state index contributed by atoms with van der Waals surface area (Å²) in [6.45, 7) is 8.47. The van der Waals surface area contributed by atoms with E-state index in [1.54, 1.807) is 0 Å². The van der Waals surface area contributed by atoms with Crippen LogP contribution in [0.15, 0.2) is 0 Å². The highest BCUT2D eigenvalue weighted by Crippen LogP contribution is 2.28. The zero-order valence-electron chi connectivity index (χ0n) is 10.4. The Morgan fingerprint density at radius 1 is 1.40 bits per heavy atom. The van der Waals surface area contributed by atoms with E-state index in [-0.39, 0.29) is 17.4 Å². The monoisotopic (exact) mass is 228 g/mol. The van der Waals surface area contributed by atoms with Gasteiger partial charge in [0.05, 0.1) is 7.11 Å². The van der Waals surface area contributed by atoms with Crippen molar-refractivity contribution in [2.75, 3.05) is 7.11 Å². The maximum Gasteiger partial charge on any atom is 0.384 e. The highest BCUT2D eigenvalue weighted by Gasteiger charge is 2.26. The number of carbonyl (C=O) groups is 1. The van der Waals surface area contributed by atoms with Crippen LogP contribution < -0.4 is 0 Å². The molecule has 0 aromatic heterocycles. The first kappa shape index (κ1) is 14.2. The van der Waals surface area contributed by atoms with Gasteiger partial charge in [0.15, 0.2) is 0 Å². The molecule has 0 bridgehead atoms. The van der Waals surface area contributed by atoms with Gasteiger partial charge in [-0.15, -0.1) is 0 Å². The first-order chi connectivity index (χ1) is 6.82. The molecule has 0 aliphatic carbocycles. The molecule has 0 aliphatic heterocycles. The largest absolute Gasteiger partial charge is 0.459 e.